The van der Waals surface area contributed by atoms with Gasteiger partial charge in [0, 0.05) is 24.7 Å². The Balaban J connectivity index is 2.14. The zero-order valence-electron chi connectivity index (χ0n) is 11.2. The summed E-state index contributed by atoms with van der Waals surface area (Å²) in [5.41, 5.74) is 7.90. The molecule has 0 atom stereocenters. The van der Waals surface area contributed by atoms with Gasteiger partial charge in [-0.05, 0) is 18.4 Å². The van der Waals surface area contributed by atoms with Crippen molar-refractivity contribution in [1.82, 2.24) is 4.90 Å². The second kappa shape index (κ2) is 6.98. The van der Waals surface area contributed by atoms with Crippen LogP contribution < -0.4 is 5.73 Å². The number of rotatable bonds is 6. The van der Waals surface area contributed by atoms with Gasteiger partial charge in [0.2, 0.25) is 0 Å². The highest BCUT2D eigenvalue weighted by atomic mass is 32.1. The normalized spacial score (nSPS) is 16.1. The molecule has 0 unspecified atom stereocenters. The van der Waals surface area contributed by atoms with Crippen LogP contribution in [0.5, 0.6) is 0 Å². The van der Waals surface area contributed by atoms with Gasteiger partial charge in [-0.3, -0.25) is 4.90 Å². The fourth-order valence-corrected chi connectivity index (χ4v) is 3.11. The SMILES string of the molecule is NC(=S)c1ccccc1CN(CCO)C1CCCC1. The lowest BCUT2D eigenvalue weighted by Gasteiger charge is -2.28. The molecule has 2 rings (SSSR count). The number of aliphatic hydroxyl groups excluding tert-OH is 1. The Kier molecular flexibility index (Phi) is 5.31. The van der Waals surface area contributed by atoms with Crippen LogP contribution in [0.15, 0.2) is 24.3 Å². The Hall–Kier alpha value is -0.970. The van der Waals surface area contributed by atoms with Gasteiger partial charge in [-0.1, -0.05) is 49.3 Å². The largest absolute Gasteiger partial charge is 0.395 e. The molecular weight excluding hydrogens is 256 g/mol. The van der Waals surface area contributed by atoms with Crippen molar-refractivity contribution in [2.75, 3.05) is 13.2 Å². The van der Waals surface area contributed by atoms with Crippen LogP contribution in [0.3, 0.4) is 0 Å². The summed E-state index contributed by atoms with van der Waals surface area (Å²) >= 11 is 5.11. The third kappa shape index (κ3) is 3.75. The summed E-state index contributed by atoms with van der Waals surface area (Å²) in [6.07, 6.45) is 5.05. The van der Waals surface area contributed by atoms with E-state index in [1.165, 1.54) is 25.7 Å². The number of benzene rings is 1. The Bertz CT molecular complexity index is 430. The number of hydrogen-bond acceptors (Lipinski definition) is 3. The van der Waals surface area contributed by atoms with E-state index < -0.39 is 0 Å². The predicted molar refractivity (Wildman–Crippen MR) is 82.1 cm³/mol. The van der Waals surface area contributed by atoms with Crippen molar-refractivity contribution < 1.29 is 5.11 Å². The standard InChI is InChI=1S/C15H22N2OS/c16-15(19)14-8-4-1-5-12(14)11-17(9-10-18)13-6-2-3-7-13/h1,4-5,8,13,18H,2-3,6-7,9-11H2,(H2,16,19). The molecule has 19 heavy (non-hydrogen) atoms. The monoisotopic (exact) mass is 278 g/mol. The van der Waals surface area contributed by atoms with Crippen LogP contribution in [0.1, 0.15) is 36.8 Å². The second-order valence-electron chi connectivity index (χ2n) is 5.15. The van der Waals surface area contributed by atoms with E-state index in [0.717, 1.165) is 24.2 Å². The highest BCUT2D eigenvalue weighted by Crippen LogP contribution is 2.25. The lowest BCUT2D eigenvalue weighted by Crippen LogP contribution is -2.35. The molecule has 1 fully saturated rings. The van der Waals surface area contributed by atoms with Gasteiger partial charge in [-0.2, -0.15) is 0 Å². The number of nitrogens with zero attached hydrogens (tertiary/aromatic N) is 1. The van der Waals surface area contributed by atoms with Crippen LogP contribution in [0.4, 0.5) is 0 Å². The van der Waals surface area contributed by atoms with Gasteiger partial charge in [-0.15, -0.1) is 0 Å². The summed E-state index contributed by atoms with van der Waals surface area (Å²) in [6, 6.07) is 8.62. The second-order valence-corrected chi connectivity index (χ2v) is 5.59. The maximum Gasteiger partial charge on any atom is 0.104 e. The van der Waals surface area contributed by atoms with Gasteiger partial charge in [0.15, 0.2) is 0 Å². The average Bonchev–Trinajstić information content (AvgIpc) is 2.92. The van der Waals surface area contributed by atoms with Crippen molar-refractivity contribution in [3.63, 3.8) is 0 Å². The summed E-state index contributed by atoms with van der Waals surface area (Å²) in [5.74, 6) is 0. The minimum absolute atomic E-state index is 0.200. The molecule has 0 spiro atoms. The van der Waals surface area contributed by atoms with Gasteiger partial charge in [0.05, 0.1) is 6.61 Å². The minimum Gasteiger partial charge on any atom is -0.395 e. The summed E-state index contributed by atoms with van der Waals surface area (Å²) < 4.78 is 0. The molecule has 1 aliphatic carbocycles. The lowest BCUT2D eigenvalue weighted by atomic mass is 10.1. The van der Waals surface area contributed by atoms with Crippen molar-refractivity contribution in [1.29, 1.82) is 0 Å². The molecule has 0 aromatic heterocycles. The summed E-state index contributed by atoms with van der Waals surface area (Å²) in [5, 5.41) is 9.26. The molecule has 0 aliphatic heterocycles. The molecule has 1 aliphatic rings. The Morgan fingerprint density at radius 3 is 2.63 bits per heavy atom. The summed E-state index contributed by atoms with van der Waals surface area (Å²) in [6.45, 7) is 1.74. The maximum atomic E-state index is 9.26. The van der Waals surface area contributed by atoms with Gasteiger partial charge >= 0.3 is 0 Å². The first kappa shape index (κ1) is 14.4. The van der Waals surface area contributed by atoms with Gasteiger partial charge in [0.1, 0.15) is 4.99 Å². The highest BCUT2D eigenvalue weighted by molar-refractivity contribution is 7.80. The molecule has 3 N–H and O–H groups in total. The van der Waals surface area contributed by atoms with Crippen molar-refractivity contribution in [2.45, 2.75) is 38.3 Å². The Labute approximate surface area is 120 Å². The van der Waals surface area contributed by atoms with Gasteiger partial charge < -0.3 is 10.8 Å². The molecule has 0 radical (unpaired) electrons. The van der Waals surface area contributed by atoms with Crippen LogP contribution in [0.25, 0.3) is 0 Å². The number of aliphatic hydroxyl groups is 1. The quantitative estimate of drug-likeness (QED) is 0.782. The summed E-state index contributed by atoms with van der Waals surface area (Å²) in [7, 11) is 0. The Morgan fingerprint density at radius 2 is 2.00 bits per heavy atom. The van der Waals surface area contributed by atoms with E-state index in [0.29, 0.717) is 11.0 Å². The van der Waals surface area contributed by atoms with E-state index in [9.17, 15) is 5.11 Å². The van der Waals surface area contributed by atoms with Crippen LogP contribution in [0.2, 0.25) is 0 Å². The molecule has 0 bridgehead atoms. The highest BCUT2D eigenvalue weighted by Gasteiger charge is 2.22. The van der Waals surface area contributed by atoms with Crippen molar-refractivity contribution in [2.24, 2.45) is 5.73 Å². The zero-order chi connectivity index (χ0) is 13.7. The maximum absolute atomic E-state index is 9.26. The van der Waals surface area contributed by atoms with E-state index >= 15 is 0 Å². The first-order valence-electron chi connectivity index (χ1n) is 6.95. The molecule has 0 saturated heterocycles. The third-order valence-corrected chi connectivity index (χ3v) is 4.10. The molecule has 3 nitrogen and oxygen atoms in total. The first-order valence-corrected chi connectivity index (χ1v) is 7.36. The number of thiocarbonyl (C=S) groups is 1. The fraction of sp³-hybridized carbons (Fsp3) is 0.533. The molecule has 0 heterocycles. The van der Waals surface area contributed by atoms with E-state index in [-0.39, 0.29) is 6.61 Å². The topological polar surface area (TPSA) is 49.5 Å². The van der Waals surface area contributed by atoms with Crippen LogP contribution in [0, 0.1) is 0 Å². The van der Waals surface area contributed by atoms with Crippen LogP contribution >= 0.6 is 12.2 Å². The van der Waals surface area contributed by atoms with Crippen molar-refractivity contribution in [3.05, 3.63) is 35.4 Å². The van der Waals surface area contributed by atoms with E-state index in [1.54, 1.807) is 0 Å². The van der Waals surface area contributed by atoms with E-state index in [1.807, 2.05) is 18.2 Å². The van der Waals surface area contributed by atoms with Crippen molar-refractivity contribution >= 4 is 17.2 Å². The van der Waals surface area contributed by atoms with Crippen LogP contribution in [-0.4, -0.2) is 34.2 Å². The average molecular weight is 278 g/mol. The predicted octanol–water partition coefficient (Wildman–Crippen LogP) is 2.06. The molecule has 1 saturated carbocycles. The van der Waals surface area contributed by atoms with Gasteiger partial charge in [-0.25, -0.2) is 0 Å². The smallest absolute Gasteiger partial charge is 0.104 e. The molecule has 104 valence electrons. The molecule has 4 heteroatoms. The van der Waals surface area contributed by atoms with Gasteiger partial charge in [0.25, 0.3) is 0 Å². The minimum atomic E-state index is 0.200. The zero-order valence-corrected chi connectivity index (χ0v) is 12.0. The Morgan fingerprint density at radius 1 is 1.32 bits per heavy atom. The molecule has 1 aromatic rings. The fourth-order valence-electron chi connectivity index (χ4n) is 2.91. The molecular formula is C15H22N2OS. The summed E-state index contributed by atoms with van der Waals surface area (Å²) in [4.78, 5) is 2.82. The molecule has 0 amide bonds. The van der Waals surface area contributed by atoms with E-state index in [2.05, 4.69) is 11.0 Å². The molecule has 1 aromatic carbocycles. The third-order valence-electron chi connectivity index (χ3n) is 3.88. The van der Waals surface area contributed by atoms with Crippen molar-refractivity contribution in [3.8, 4) is 0 Å². The van der Waals surface area contributed by atoms with Crippen LogP contribution in [-0.2, 0) is 6.54 Å². The number of nitrogens with two attached hydrogens (primary N) is 1. The first-order chi connectivity index (χ1) is 9.22. The lowest BCUT2D eigenvalue weighted by molar-refractivity contribution is 0.145. The van der Waals surface area contributed by atoms with E-state index in [4.69, 9.17) is 18.0 Å². The number of hydrogen-bond donors (Lipinski definition) is 2.